The summed E-state index contributed by atoms with van der Waals surface area (Å²) < 4.78 is 5.29. The Kier molecular flexibility index (Phi) is 5.05. The summed E-state index contributed by atoms with van der Waals surface area (Å²) in [6.07, 6.45) is 4.66. The summed E-state index contributed by atoms with van der Waals surface area (Å²) in [5, 5.41) is 5.75. The Morgan fingerprint density at radius 3 is 2.52 bits per heavy atom. The molecule has 1 aromatic rings. The Morgan fingerprint density at radius 1 is 1.11 bits per heavy atom. The van der Waals surface area contributed by atoms with Crippen molar-refractivity contribution in [1.29, 1.82) is 0 Å². The Balaban J connectivity index is 1.30. The van der Waals surface area contributed by atoms with Crippen LogP contribution in [0.25, 0.3) is 0 Å². The molecule has 1 heterocycles. The van der Waals surface area contributed by atoms with E-state index in [2.05, 4.69) is 5.10 Å². The Morgan fingerprint density at radius 2 is 1.81 bits per heavy atom. The average molecular weight is 368 g/mol. The smallest absolute Gasteiger partial charge is 0.309 e. The highest BCUT2D eigenvalue weighted by Crippen LogP contribution is 2.40. The molecule has 27 heavy (non-hydrogen) atoms. The van der Waals surface area contributed by atoms with Gasteiger partial charge in [-0.25, -0.2) is 5.01 Å². The zero-order valence-electron chi connectivity index (χ0n) is 15.3. The maximum atomic E-state index is 12.4. The normalized spacial score (nSPS) is 27.3. The molecule has 142 valence electrons. The number of ketones is 1. The lowest BCUT2D eigenvalue weighted by Crippen LogP contribution is -2.40. The number of amides is 1. The van der Waals surface area contributed by atoms with Gasteiger partial charge < -0.3 is 4.74 Å². The zero-order chi connectivity index (χ0) is 18.8. The molecule has 0 N–H and O–H groups in total. The number of Topliss-reactive ketones (excluding diaryl/α,β-unsaturated/α-hetero) is 1. The third kappa shape index (κ3) is 3.80. The predicted molar refractivity (Wildman–Crippen MR) is 98.8 cm³/mol. The van der Waals surface area contributed by atoms with Crippen molar-refractivity contribution in [3.05, 3.63) is 35.9 Å². The van der Waals surface area contributed by atoms with Crippen LogP contribution in [0, 0.1) is 17.8 Å². The van der Waals surface area contributed by atoms with Crippen LogP contribution in [0.5, 0.6) is 0 Å². The standard InChI is InChI=1S/C21H24N2O4/c24-19(23-10-9-18(22-23)14-5-2-1-3-6-14)13-27-21(26)17-11-15-7-4-8-16(12-17)20(15)25/h1-3,5-6,15-17H,4,7-13H2. The fourth-order valence-corrected chi connectivity index (χ4v) is 4.47. The largest absolute Gasteiger partial charge is 0.455 e. The van der Waals surface area contributed by atoms with E-state index in [0.717, 1.165) is 30.5 Å². The van der Waals surface area contributed by atoms with Crippen LogP contribution in [-0.2, 0) is 19.1 Å². The maximum absolute atomic E-state index is 12.4. The number of esters is 1. The number of rotatable bonds is 4. The van der Waals surface area contributed by atoms with Gasteiger partial charge in [0.2, 0.25) is 0 Å². The number of hydrogen-bond acceptors (Lipinski definition) is 5. The van der Waals surface area contributed by atoms with E-state index in [1.165, 1.54) is 5.01 Å². The number of benzene rings is 1. The van der Waals surface area contributed by atoms with E-state index in [-0.39, 0.29) is 36.2 Å². The third-order valence-electron chi connectivity index (χ3n) is 5.92. The van der Waals surface area contributed by atoms with E-state index in [9.17, 15) is 14.4 Å². The minimum Gasteiger partial charge on any atom is -0.455 e. The molecule has 2 bridgehead atoms. The van der Waals surface area contributed by atoms with Crippen molar-refractivity contribution in [1.82, 2.24) is 5.01 Å². The number of hydrogen-bond donors (Lipinski definition) is 0. The summed E-state index contributed by atoms with van der Waals surface area (Å²) >= 11 is 0. The van der Waals surface area contributed by atoms with Gasteiger partial charge in [-0.3, -0.25) is 14.4 Å². The molecule has 1 aromatic carbocycles. The summed E-state index contributed by atoms with van der Waals surface area (Å²) in [7, 11) is 0. The van der Waals surface area contributed by atoms with E-state index in [0.29, 0.717) is 31.6 Å². The van der Waals surface area contributed by atoms with Crippen LogP contribution in [0.1, 0.15) is 44.1 Å². The molecule has 2 unspecified atom stereocenters. The van der Waals surface area contributed by atoms with E-state index >= 15 is 0 Å². The van der Waals surface area contributed by atoms with Crippen LogP contribution in [0.15, 0.2) is 35.4 Å². The van der Waals surface area contributed by atoms with Gasteiger partial charge in [0.25, 0.3) is 5.91 Å². The third-order valence-corrected chi connectivity index (χ3v) is 5.92. The predicted octanol–water partition coefficient (Wildman–Crippen LogP) is 2.56. The maximum Gasteiger partial charge on any atom is 0.309 e. The van der Waals surface area contributed by atoms with Crippen molar-refractivity contribution in [2.24, 2.45) is 22.9 Å². The number of carbonyl (C=O) groups is 3. The van der Waals surface area contributed by atoms with Gasteiger partial charge in [-0.05, 0) is 31.2 Å². The van der Waals surface area contributed by atoms with E-state index in [1.54, 1.807) is 0 Å². The molecule has 0 saturated heterocycles. The van der Waals surface area contributed by atoms with Crippen molar-refractivity contribution in [3.63, 3.8) is 0 Å². The monoisotopic (exact) mass is 368 g/mol. The number of carbonyl (C=O) groups excluding carboxylic acids is 3. The van der Waals surface area contributed by atoms with Crippen LogP contribution in [-0.4, -0.2) is 41.5 Å². The minimum atomic E-state index is -0.348. The molecule has 2 fully saturated rings. The molecule has 2 aliphatic carbocycles. The quantitative estimate of drug-likeness (QED) is 0.766. The lowest BCUT2D eigenvalue weighted by molar-refractivity contribution is -0.158. The van der Waals surface area contributed by atoms with Gasteiger partial charge in [-0.15, -0.1) is 0 Å². The highest BCUT2D eigenvalue weighted by atomic mass is 16.5. The first kappa shape index (κ1) is 17.9. The molecule has 2 atom stereocenters. The molecular formula is C21H24N2O4. The summed E-state index contributed by atoms with van der Waals surface area (Å²) in [5.41, 5.74) is 1.87. The van der Waals surface area contributed by atoms with Gasteiger partial charge in [-0.1, -0.05) is 36.8 Å². The van der Waals surface area contributed by atoms with Gasteiger partial charge in [-0.2, -0.15) is 5.10 Å². The van der Waals surface area contributed by atoms with E-state index in [4.69, 9.17) is 4.74 Å². The second kappa shape index (κ2) is 7.62. The SMILES string of the molecule is O=C(OCC(=O)N1CCC(c2ccccc2)=N1)C1CC2CCCC(C1)C2=O. The summed E-state index contributed by atoms with van der Waals surface area (Å²) in [4.78, 5) is 36.9. The fraction of sp³-hybridized carbons (Fsp3) is 0.524. The second-order valence-electron chi connectivity index (χ2n) is 7.68. The van der Waals surface area contributed by atoms with Crippen molar-refractivity contribution in [2.45, 2.75) is 38.5 Å². The number of hydrazone groups is 1. The Bertz CT molecular complexity index is 758. The molecule has 0 radical (unpaired) electrons. The summed E-state index contributed by atoms with van der Waals surface area (Å²) in [6.45, 7) is 0.215. The summed E-state index contributed by atoms with van der Waals surface area (Å²) in [6, 6.07) is 9.75. The molecular weight excluding hydrogens is 344 g/mol. The lowest BCUT2D eigenvalue weighted by atomic mass is 9.67. The van der Waals surface area contributed by atoms with Crippen LogP contribution in [0.3, 0.4) is 0 Å². The fourth-order valence-electron chi connectivity index (χ4n) is 4.47. The second-order valence-corrected chi connectivity index (χ2v) is 7.68. The molecule has 1 amide bonds. The van der Waals surface area contributed by atoms with Crippen LogP contribution >= 0.6 is 0 Å². The average Bonchev–Trinajstić information content (AvgIpc) is 3.16. The number of nitrogens with zero attached hydrogens (tertiary/aromatic N) is 2. The number of ether oxygens (including phenoxy) is 1. The zero-order valence-corrected chi connectivity index (χ0v) is 15.3. The van der Waals surface area contributed by atoms with Crippen molar-refractivity contribution in [3.8, 4) is 0 Å². The van der Waals surface area contributed by atoms with Gasteiger partial charge in [0, 0.05) is 18.3 Å². The number of fused-ring (bicyclic) bond motifs is 2. The first-order valence-electron chi connectivity index (χ1n) is 9.75. The van der Waals surface area contributed by atoms with Crippen molar-refractivity contribution < 1.29 is 19.1 Å². The van der Waals surface area contributed by atoms with Crippen molar-refractivity contribution >= 4 is 23.4 Å². The van der Waals surface area contributed by atoms with Crippen LogP contribution in [0.2, 0.25) is 0 Å². The topological polar surface area (TPSA) is 76.0 Å². The van der Waals surface area contributed by atoms with Gasteiger partial charge >= 0.3 is 5.97 Å². The van der Waals surface area contributed by atoms with Crippen molar-refractivity contribution in [2.75, 3.05) is 13.2 Å². The minimum absolute atomic E-state index is 0.00219. The molecule has 6 heteroatoms. The first-order valence-corrected chi connectivity index (χ1v) is 9.75. The highest BCUT2D eigenvalue weighted by Gasteiger charge is 2.42. The van der Waals surface area contributed by atoms with Gasteiger partial charge in [0.1, 0.15) is 5.78 Å². The molecule has 3 aliphatic rings. The first-order chi connectivity index (χ1) is 13.1. The van der Waals surface area contributed by atoms with E-state index < -0.39 is 0 Å². The lowest BCUT2D eigenvalue weighted by Gasteiger charge is -2.36. The molecule has 2 saturated carbocycles. The molecule has 4 rings (SSSR count). The Hall–Kier alpha value is -2.50. The van der Waals surface area contributed by atoms with Crippen LogP contribution < -0.4 is 0 Å². The molecule has 1 aliphatic heterocycles. The van der Waals surface area contributed by atoms with E-state index in [1.807, 2.05) is 30.3 Å². The summed E-state index contributed by atoms with van der Waals surface area (Å²) in [5.74, 6) is -0.584. The Labute approximate surface area is 158 Å². The molecule has 6 nitrogen and oxygen atoms in total. The van der Waals surface area contributed by atoms with Gasteiger partial charge in [0.05, 0.1) is 18.2 Å². The molecule has 0 aromatic heterocycles. The van der Waals surface area contributed by atoms with Gasteiger partial charge in [0.15, 0.2) is 6.61 Å². The molecule has 0 spiro atoms. The highest BCUT2D eigenvalue weighted by molar-refractivity contribution is 6.02. The van der Waals surface area contributed by atoms with Crippen LogP contribution in [0.4, 0.5) is 0 Å².